The largest absolute Gasteiger partial charge is 1.00 e. The van der Waals surface area contributed by atoms with Gasteiger partial charge in [-0.2, -0.15) is 0 Å². The Balaban J connectivity index is 0. The molecule has 0 saturated carbocycles. The molecule has 0 spiro atoms. The smallest absolute Gasteiger partial charge is 0.0980 e. The van der Waals surface area contributed by atoms with Crippen LogP contribution in [0.1, 0.15) is 151 Å². The van der Waals surface area contributed by atoms with Crippen LogP contribution in [0.25, 0.3) is 0 Å². The maximum Gasteiger partial charge on any atom is 0.0980 e. The fourth-order valence-electron chi connectivity index (χ4n) is 4.42. The quantitative estimate of drug-likeness (QED) is 0.156. The van der Waals surface area contributed by atoms with Crippen molar-refractivity contribution in [2.24, 2.45) is 5.41 Å². The van der Waals surface area contributed by atoms with Crippen molar-refractivity contribution in [1.29, 1.82) is 0 Å². The zero-order chi connectivity index (χ0) is 22.2. The summed E-state index contributed by atoms with van der Waals surface area (Å²) in [5, 5.41) is 0. The standard InChI is InChI=1S/C28H60N.ClH/c1-9-10-11-12-13-14-15-16-17-18-19-20-21-22-23-24-25-26-29(7,8)28(5,6)27(2,3)4;/h9-26H2,1-8H3;1H/q+1;/p-1. The number of hydrogen-bond acceptors (Lipinski definition) is 0. The minimum atomic E-state index is 0. The second-order valence-corrected chi connectivity index (χ2v) is 11.9. The Kier molecular flexibility index (Phi) is 19.2. The van der Waals surface area contributed by atoms with Crippen molar-refractivity contribution in [3.8, 4) is 0 Å². The number of hydrogen-bond donors (Lipinski definition) is 0. The molecule has 30 heavy (non-hydrogen) atoms. The number of halogens is 1. The van der Waals surface area contributed by atoms with Crippen molar-refractivity contribution in [3.05, 3.63) is 0 Å². The fourth-order valence-corrected chi connectivity index (χ4v) is 4.42. The van der Waals surface area contributed by atoms with Crippen LogP contribution in [0.15, 0.2) is 0 Å². The third kappa shape index (κ3) is 14.3. The van der Waals surface area contributed by atoms with Gasteiger partial charge in [0, 0.05) is 5.41 Å². The van der Waals surface area contributed by atoms with Gasteiger partial charge >= 0.3 is 0 Å². The fraction of sp³-hybridized carbons (Fsp3) is 1.00. The predicted octanol–water partition coefficient (Wildman–Crippen LogP) is 6.54. The Hall–Kier alpha value is 0.250. The average molecular weight is 446 g/mol. The molecular weight excluding hydrogens is 386 g/mol. The summed E-state index contributed by atoms with van der Waals surface area (Å²) in [6.45, 7) is 15.7. The highest BCUT2D eigenvalue weighted by Gasteiger charge is 2.45. The number of rotatable bonds is 19. The van der Waals surface area contributed by atoms with Crippen LogP contribution in [0.3, 0.4) is 0 Å². The molecule has 0 radical (unpaired) electrons. The molecule has 0 amide bonds. The van der Waals surface area contributed by atoms with Crippen molar-refractivity contribution in [2.45, 2.75) is 156 Å². The highest BCUT2D eigenvalue weighted by molar-refractivity contribution is 4.84. The molecule has 0 N–H and O–H groups in total. The zero-order valence-corrected chi connectivity index (χ0v) is 23.3. The third-order valence-corrected chi connectivity index (χ3v) is 8.17. The normalized spacial score (nSPS) is 12.8. The molecule has 0 aromatic heterocycles. The van der Waals surface area contributed by atoms with Gasteiger partial charge in [0.2, 0.25) is 0 Å². The molecule has 0 unspecified atom stereocenters. The Labute approximate surface area is 199 Å². The Morgan fingerprint density at radius 1 is 0.467 bits per heavy atom. The van der Waals surface area contributed by atoms with Crippen LogP contribution in [0.2, 0.25) is 0 Å². The number of nitrogens with zero attached hydrogens (tertiary/aromatic N) is 1. The second-order valence-electron chi connectivity index (χ2n) is 11.9. The summed E-state index contributed by atoms with van der Waals surface area (Å²) in [7, 11) is 4.86. The van der Waals surface area contributed by atoms with Gasteiger partial charge in [-0.1, -0.05) is 124 Å². The van der Waals surface area contributed by atoms with E-state index in [1.807, 2.05) is 0 Å². The lowest BCUT2D eigenvalue weighted by Crippen LogP contribution is -3.00. The minimum Gasteiger partial charge on any atom is -1.00 e. The van der Waals surface area contributed by atoms with Gasteiger partial charge in [-0.05, 0) is 26.7 Å². The first-order valence-electron chi connectivity index (χ1n) is 13.4. The van der Waals surface area contributed by atoms with Crippen molar-refractivity contribution in [3.63, 3.8) is 0 Å². The molecule has 2 heteroatoms. The summed E-state index contributed by atoms with van der Waals surface area (Å²) >= 11 is 0. The summed E-state index contributed by atoms with van der Waals surface area (Å²) in [4.78, 5) is 0. The second kappa shape index (κ2) is 17.8. The molecule has 0 saturated heterocycles. The van der Waals surface area contributed by atoms with Gasteiger partial charge in [-0.15, -0.1) is 0 Å². The zero-order valence-electron chi connectivity index (χ0n) is 22.6. The van der Waals surface area contributed by atoms with Gasteiger partial charge in [0.25, 0.3) is 0 Å². The van der Waals surface area contributed by atoms with Crippen LogP contribution >= 0.6 is 0 Å². The first kappa shape index (κ1) is 32.4. The van der Waals surface area contributed by atoms with Crippen molar-refractivity contribution in [2.75, 3.05) is 20.6 Å². The SMILES string of the molecule is CCCCCCCCCCCCCCCCCCC[N+](C)(C)C(C)(C)C(C)(C)C.[Cl-]. The number of unbranched alkanes of at least 4 members (excludes halogenated alkanes) is 16. The Morgan fingerprint density at radius 2 is 0.733 bits per heavy atom. The summed E-state index contributed by atoms with van der Waals surface area (Å²) in [6, 6.07) is 0. The van der Waals surface area contributed by atoms with E-state index in [1.165, 1.54) is 116 Å². The topological polar surface area (TPSA) is 0 Å². The highest BCUT2D eigenvalue weighted by Crippen LogP contribution is 2.38. The minimum absolute atomic E-state index is 0. The molecule has 184 valence electrons. The van der Waals surface area contributed by atoms with Crippen LogP contribution in [-0.2, 0) is 0 Å². The van der Waals surface area contributed by atoms with E-state index in [9.17, 15) is 0 Å². The first-order valence-corrected chi connectivity index (χ1v) is 13.4. The predicted molar refractivity (Wildman–Crippen MR) is 135 cm³/mol. The van der Waals surface area contributed by atoms with Gasteiger partial charge < -0.3 is 16.9 Å². The summed E-state index contributed by atoms with van der Waals surface area (Å²) in [5.41, 5.74) is 0.646. The van der Waals surface area contributed by atoms with E-state index < -0.39 is 0 Å². The van der Waals surface area contributed by atoms with Crippen LogP contribution in [-0.4, -0.2) is 30.7 Å². The van der Waals surface area contributed by atoms with Gasteiger partial charge in [-0.3, -0.25) is 0 Å². The maximum absolute atomic E-state index is 2.45. The molecule has 1 nitrogen and oxygen atoms in total. The van der Waals surface area contributed by atoms with Crippen LogP contribution in [0.5, 0.6) is 0 Å². The molecule has 0 aromatic carbocycles. The average Bonchev–Trinajstić information content (AvgIpc) is 2.63. The van der Waals surface area contributed by atoms with E-state index in [0.717, 1.165) is 4.48 Å². The molecule has 0 rings (SSSR count). The van der Waals surface area contributed by atoms with E-state index >= 15 is 0 Å². The van der Waals surface area contributed by atoms with Crippen LogP contribution < -0.4 is 12.4 Å². The molecule has 0 heterocycles. The van der Waals surface area contributed by atoms with Crippen molar-refractivity contribution >= 4 is 0 Å². The van der Waals surface area contributed by atoms with Crippen LogP contribution in [0, 0.1) is 5.41 Å². The Morgan fingerprint density at radius 3 is 1.00 bits per heavy atom. The Bertz CT molecular complexity index is 367. The summed E-state index contributed by atoms with van der Waals surface area (Å²) < 4.78 is 1.13. The van der Waals surface area contributed by atoms with E-state index in [4.69, 9.17) is 0 Å². The van der Waals surface area contributed by atoms with Crippen LogP contribution in [0.4, 0.5) is 0 Å². The summed E-state index contributed by atoms with van der Waals surface area (Å²) in [6.07, 6.45) is 24.7. The van der Waals surface area contributed by atoms with E-state index in [1.54, 1.807) is 0 Å². The lowest BCUT2D eigenvalue weighted by molar-refractivity contribution is -0.946. The molecule has 0 bridgehead atoms. The lowest BCUT2D eigenvalue weighted by atomic mass is 9.74. The van der Waals surface area contributed by atoms with Gasteiger partial charge in [-0.25, -0.2) is 0 Å². The van der Waals surface area contributed by atoms with E-state index in [-0.39, 0.29) is 12.4 Å². The highest BCUT2D eigenvalue weighted by atomic mass is 35.5. The van der Waals surface area contributed by atoms with E-state index in [2.05, 4.69) is 55.6 Å². The molecule has 0 aliphatic rings. The lowest BCUT2D eigenvalue weighted by Gasteiger charge is -2.52. The molecular formula is C28H60ClN. The van der Waals surface area contributed by atoms with Gasteiger partial charge in [0.05, 0.1) is 26.2 Å². The van der Waals surface area contributed by atoms with Gasteiger partial charge in [0.15, 0.2) is 0 Å². The monoisotopic (exact) mass is 445 g/mol. The van der Waals surface area contributed by atoms with E-state index in [0.29, 0.717) is 11.0 Å². The molecule has 0 aliphatic carbocycles. The molecule has 0 aromatic rings. The molecule has 0 atom stereocenters. The van der Waals surface area contributed by atoms with Crippen molar-refractivity contribution < 1.29 is 16.9 Å². The number of quaternary nitrogens is 1. The third-order valence-electron chi connectivity index (χ3n) is 8.17. The van der Waals surface area contributed by atoms with Crippen molar-refractivity contribution in [1.82, 2.24) is 0 Å². The molecule has 0 fully saturated rings. The molecule has 0 aliphatic heterocycles. The van der Waals surface area contributed by atoms with Gasteiger partial charge in [0.1, 0.15) is 0 Å². The maximum atomic E-state index is 2.45. The summed E-state index contributed by atoms with van der Waals surface area (Å²) in [5.74, 6) is 0. The first-order chi connectivity index (χ1) is 13.6.